The number of hydrogen-bond acceptors (Lipinski definition) is 6. The van der Waals surface area contributed by atoms with E-state index in [1.807, 2.05) is 0 Å². The fraction of sp³-hybridized carbons (Fsp3) is 0.409. The normalized spacial score (nSPS) is 17.4. The van der Waals surface area contributed by atoms with E-state index >= 15 is 0 Å². The molecule has 0 aliphatic carbocycles. The van der Waals surface area contributed by atoms with Crippen molar-refractivity contribution in [1.29, 1.82) is 0 Å². The zero-order chi connectivity index (χ0) is 26.2. The average molecular weight is 535 g/mol. The van der Waals surface area contributed by atoms with Crippen LogP contribution in [-0.2, 0) is 30.8 Å². The molecule has 1 aliphatic rings. The number of rotatable bonds is 5. The number of sulfonamides is 1. The lowest BCUT2D eigenvalue weighted by Gasteiger charge is -2.24. The second-order valence-corrected chi connectivity index (χ2v) is 12.6. The fourth-order valence-electron chi connectivity index (χ4n) is 3.49. The predicted molar refractivity (Wildman–Crippen MR) is 120 cm³/mol. The first kappa shape index (κ1) is 27.0. The van der Waals surface area contributed by atoms with E-state index in [2.05, 4.69) is 4.72 Å². The highest BCUT2D eigenvalue weighted by atomic mass is 32.2. The molecule has 0 radical (unpaired) electrons. The summed E-state index contributed by atoms with van der Waals surface area (Å²) in [6, 6.07) is 7.73. The number of carbonyl (C=O) groups excluding carboxylic acids is 1. The molecule has 1 unspecified atom stereocenters. The number of halogens is 3. The van der Waals surface area contributed by atoms with Crippen LogP contribution in [0.4, 0.5) is 18.0 Å². The molecule has 35 heavy (non-hydrogen) atoms. The molecule has 0 bridgehead atoms. The van der Waals surface area contributed by atoms with Crippen molar-refractivity contribution in [1.82, 2.24) is 9.62 Å². The van der Waals surface area contributed by atoms with Crippen molar-refractivity contribution >= 4 is 26.0 Å². The van der Waals surface area contributed by atoms with Crippen LogP contribution in [0.5, 0.6) is 0 Å². The summed E-state index contributed by atoms with van der Waals surface area (Å²) in [6.45, 7) is 5.01. The zero-order valence-electron chi connectivity index (χ0n) is 19.2. The number of amides is 1. The van der Waals surface area contributed by atoms with E-state index in [0.29, 0.717) is 12.1 Å². The maximum absolute atomic E-state index is 13.7. The topological polar surface area (TPSA) is 110 Å². The molecule has 192 valence electrons. The number of hydrogen-bond donors (Lipinski definition) is 1. The zero-order valence-corrected chi connectivity index (χ0v) is 20.8. The molecule has 1 atom stereocenters. The summed E-state index contributed by atoms with van der Waals surface area (Å²) >= 11 is 0. The van der Waals surface area contributed by atoms with Crippen LogP contribution in [0.15, 0.2) is 63.2 Å². The standard InChI is InChI=1S/C22H25F3N2O6S2/c1-21(2,3)33-20(28)27-12-11-15(14-27)26-35(31,32)19-13-17(9-10-18(19)22(23,24)25)34(29,30)16-7-5-4-6-8-16/h4-10,13,15,26H,11-12,14H2,1-3H3. The van der Waals surface area contributed by atoms with E-state index in [9.17, 15) is 34.8 Å². The first-order valence-electron chi connectivity index (χ1n) is 10.5. The quantitative estimate of drug-likeness (QED) is 0.625. The maximum Gasteiger partial charge on any atom is 0.417 e. The Balaban J connectivity index is 1.93. The van der Waals surface area contributed by atoms with Crippen LogP contribution in [0.25, 0.3) is 0 Å². The van der Waals surface area contributed by atoms with Gasteiger partial charge in [-0.2, -0.15) is 13.2 Å². The third kappa shape index (κ3) is 6.33. The number of likely N-dealkylation sites (tertiary alicyclic amines) is 1. The van der Waals surface area contributed by atoms with Crippen molar-refractivity contribution < 1.29 is 39.5 Å². The third-order valence-electron chi connectivity index (χ3n) is 5.07. The van der Waals surface area contributed by atoms with Gasteiger partial charge in [-0.3, -0.25) is 0 Å². The lowest BCUT2D eigenvalue weighted by atomic mass is 10.2. The number of carbonyl (C=O) groups is 1. The van der Waals surface area contributed by atoms with Crippen LogP contribution in [-0.4, -0.2) is 52.6 Å². The SMILES string of the molecule is CC(C)(C)OC(=O)N1CCC(NS(=O)(=O)c2cc(S(=O)(=O)c3ccccc3)ccc2C(F)(F)F)C1. The lowest BCUT2D eigenvalue weighted by Crippen LogP contribution is -2.40. The molecule has 1 N–H and O–H groups in total. The number of nitrogens with zero attached hydrogens (tertiary/aromatic N) is 1. The summed E-state index contributed by atoms with van der Waals surface area (Å²) in [4.78, 5) is 11.5. The van der Waals surface area contributed by atoms with E-state index < -0.39 is 59.1 Å². The van der Waals surface area contributed by atoms with Crippen molar-refractivity contribution in [3.8, 4) is 0 Å². The molecule has 1 amide bonds. The van der Waals surface area contributed by atoms with Gasteiger partial charge in [0, 0.05) is 19.1 Å². The van der Waals surface area contributed by atoms with E-state index in [1.54, 1.807) is 26.8 Å². The van der Waals surface area contributed by atoms with E-state index in [0.717, 1.165) is 6.07 Å². The Labute approximate surface area is 202 Å². The van der Waals surface area contributed by atoms with Gasteiger partial charge in [-0.05, 0) is 57.5 Å². The number of ether oxygens (including phenoxy) is 1. The summed E-state index contributed by atoms with van der Waals surface area (Å²) in [5.41, 5.74) is -2.28. The minimum atomic E-state index is -5.06. The lowest BCUT2D eigenvalue weighted by molar-refractivity contribution is -0.139. The molecule has 3 rings (SSSR count). The first-order valence-corrected chi connectivity index (χ1v) is 13.5. The van der Waals surface area contributed by atoms with Crippen molar-refractivity contribution in [2.45, 2.75) is 59.7 Å². The van der Waals surface area contributed by atoms with Gasteiger partial charge >= 0.3 is 12.3 Å². The molecule has 8 nitrogen and oxygen atoms in total. The minimum absolute atomic E-state index is 0.114. The number of nitrogens with one attached hydrogen (secondary N) is 1. The summed E-state index contributed by atoms with van der Waals surface area (Å²) in [7, 11) is -9.10. The monoisotopic (exact) mass is 534 g/mol. The van der Waals surface area contributed by atoms with Crippen molar-refractivity contribution in [3.63, 3.8) is 0 Å². The van der Waals surface area contributed by atoms with Crippen LogP contribution < -0.4 is 4.72 Å². The molecule has 2 aromatic carbocycles. The van der Waals surface area contributed by atoms with Gasteiger partial charge in [0.05, 0.1) is 20.2 Å². The molecule has 1 fully saturated rings. The van der Waals surface area contributed by atoms with Crippen LogP contribution in [0.1, 0.15) is 32.8 Å². The van der Waals surface area contributed by atoms with Gasteiger partial charge in [-0.15, -0.1) is 0 Å². The molecular formula is C22H25F3N2O6S2. The fourth-order valence-corrected chi connectivity index (χ4v) is 6.39. The van der Waals surface area contributed by atoms with Gasteiger partial charge in [0.1, 0.15) is 5.60 Å². The summed E-state index contributed by atoms with van der Waals surface area (Å²) in [6.07, 6.45) is -5.59. The number of sulfone groups is 1. The highest BCUT2D eigenvalue weighted by Gasteiger charge is 2.40. The van der Waals surface area contributed by atoms with E-state index in [4.69, 9.17) is 4.74 Å². The molecule has 1 heterocycles. The van der Waals surface area contributed by atoms with E-state index in [1.165, 1.54) is 29.2 Å². The van der Waals surface area contributed by atoms with Crippen molar-refractivity contribution in [2.75, 3.05) is 13.1 Å². The average Bonchev–Trinajstić information content (AvgIpc) is 3.20. The molecular weight excluding hydrogens is 509 g/mol. The Kier molecular flexibility index (Phi) is 7.26. The van der Waals surface area contributed by atoms with E-state index in [-0.39, 0.29) is 24.4 Å². The van der Waals surface area contributed by atoms with Crippen LogP contribution in [0, 0.1) is 0 Å². The smallest absolute Gasteiger partial charge is 0.417 e. The summed E-state index contributed by atoms with van der Waals surface area (Å²) in [5, 5.41) is 0. The van der Waals surface area contributed by atoms with Crippen LogP contribution in [0.2, 0.25) is 0 Å². The Morgan fingerprint density at radius 3 is 2.20 bits per heavy atom. The van der Waals surface area contributed by atoms with Gasteiger partial charge < -0.3 is 9.64 Å². The molecule has 0 saturated carbocycles. The van der Waals surface area contributed by atoms with Gasteiger partial charge in [0.15, 0.2) is 0 Å². The molecule has 2 aromatic rings. The van der Waals surface area contributed by atoms with Crippen molar-refractivity contribution in [3.05, 3.63) is 54.1 Å². The van der Waals surface area contributed by atoms with Gasteiger partial charge in [0.25, 0.3) is 0 Å². The van der Waals surface area contributed by atoms with Crippen LogP contribution in [0.3, 0.4) is 0 Å². The second kappa shape index (κ2) is 9.43. The molecule has 13 heteroatoms. The summed E-state index contributed by atoms with van der Waals surface area (Å²) < 4.78 is 100. The maximum atomic E-state index is 13.7. The second-order valence-electron chi connectivity index (χ2n) is 9.01. The predicted octanol–water partition coefficient (Wildman–Crippen LogP) is 3.83. The third-order valence-corrected chi connectivity index (χ3v) is 8.40. The highest BCUT2D eigenvalue weighted by molar-refractivity contribution is 7.91. The van der Waals surface area contributed by atoms with Crippen molar-refractivity contribution in [2.24, 2.45) is 0 Å². The van der Waals surface area contributed by atoms with Gasteiger partial charge in [0.2, 0.25) is 19.9 Å². The summed E-state index contributed by atoms with van der Waals surface area (Å²) in [5.74, 6) is 0. The Bertz CT molecular complexity index is 1300. The Morgan fingerprint density at radius 1 is 1.00 bits per heavy atom. The first-order chi connectivity index (χ1) is 16.0. The van der Waals surface area contributed by atoms with Crippen LogP contribution >= 0.6 is 0 Å². The number of benzene rings is 2. The Morgan fingerprint density at radius 2 is 1.63 bits per heavy atom. The minimum Gasteiger partial charge on any atom is -0.444 e. The molecule has 0 aromatic heterocycles. The number of alkyl halides is 3. The van der Waals surface area contributed by atoms with Gasteiger partial charge in [-0.1, -0.05) is 18.2 Å². The largest absolute Gasteiger partial charge is 0.444 e. The molecule has 1 aliphatic heterocycles. The molecule has 1 saturated heterocycles. The highest BCUT2D eigenvalue weighted by Crippen LogP contribution is 2.36. The van der Waals surface area contributed by atoms with Gasteiger partial charge in [-0.25, -0.2) is 26.4 Å². The molecule has 0 spiro atoms. The Hall–Kier alpha value is -2.64.